The van der Waals surface area contributed by atoms with E-state index < -0.39 is 5.56 Å². The van der Waals surface area contributed by atoms with E-state index >= 15 is 0 Å². The van der Waals surface area contributed by atoms with Crippen molar-refractivity contribution in [1.82, 2.24) is 9.97 Å². The van der Waals surface area contributed by atoms with Crippen LogP contribution in [0.15, 0.2) is 21.7 Å². The Morgan fingerprint density at radius 2 is 2.45 bits per heavy atom. The fourth-order valence-electron chi connectivity index (χ4n) is 0.813. The SMILES string of the molecule is O=c1[nH]c2ncoc2cc1O. The summed E-state index contributed by atoms with van der Waals surface area (Å²) in [5.74, 6) is -0.366. The van der Waals surface area contributed by atoms with Crippen LogP contribution in [0.2, 0.25) is 0 Å². The van der Waals surface area contributed by atoms with Crippen LogP contribution < -0.4 is 5.56 Å². The molecule has 0 saturated carbocycles. The van der Waals surface area contributed by atoms with Gasteiger partial charge in [-0.3, -0.25) is 4.79 Å². The van der Waals surface area contributed by atoms with Crippen LogP contribution in [0.4, 0.5) is 0 Å². The highest BCUT2D eigenvalue weighted by atomic mass is 16.3. The summed E-state index contributed by atoms with van der Waals surface area (Å²) in [5, 5.41) is 8.90. The summed E-state index contributed by atoms with van der Waals surface area (Å²) in [4.78, 5) is 16.8. The van der Waals surface area contributed by atoms with Crippen molar-refractivity contribution in [1.29, 1.82) is 0 Å². The fourth-order valence-corrected chi connectivity index (χ4v) is 0.813. The minimum Gasteiger partial charge on any atom is -0.503 e. The second-order valence-electron chi connectivity index (χ2n) is 2.05. The predicted molar refractivity (Wildman–Crippen MR) is 36.3 cm³/mol. The topological polar surface area (TPSA) is 79.1 Å². The van der Waals surface area contributed by atoms with Gasteiger partial charge in [-0.25, -0.2) is 0 Å². The lowest BCUT2D eigenvalue weighted by molar-refractivity contribution is 0.466. The molecule has 2 aromatic heterocycles. The Balaban J connectivity index is 2.97. The molecule has 2 rings (SSSR count). The molecule has 2 heterocycles. The molecule has 0 aromatic carbocycles. The van der Waals surface area contributed by atoms with Gasteiger partial charge in [0.2, 0.25) is 0 Å². The van der Waals surface area contributed by atoms with Gasteiger partial charge < -0.3 is 14.5 Å². The summed E-state index contributed by atoms with van der Waals surface area (Å²) >= 11 is 0. The Labute approximate surface area is 60.3 Å². The van der Waals surface area contributed by atoms with E-state index in [1.165, 1.54) is 12.5 Å². The highest BCUT2D eigenvalue weighted by molar-refractivity contribution is 5.68. The lowest BCUT2D eigenvalue weighted by Crippen LogP contribution is -2.03. The van der Waals surface area contributed by atoms with Crippen LogP contribution in [0.1, 0.15) is 0 Å². The Morgan fingerprint density at radius 3 is 3.27 bits per heavy atom. The molecule has 0 atom stereocenters. The van der Waals surface area contributed by atoms with E-state index in [4.69, 9.17) is 9.52 Å². The van der Waals surface area contributed by atoms with Crippen molar-refractivity contribution in [2.24, 2.45) is 0 Å². The second kappa shape index (κ2) is 1.85. The van der Waals surface area contributed by atoms with Gasteiger partial charge in [-0.15, -0.1) is 0 Å². The van der Waals surface area contributed by atoms with Crippen molar-refractivity contribution in [3.63, 3.8) is 0 Å². The normalized spacial score (nSPS) is 10.5. The Hall–Kier alpha value is -1.78. The summed E-state index contributed by atoms with van der Waals surface area (Å²) in [6.07, 6.45) is 1.19. The molecule has 0 radical (unpaired) electrons. The van der Waals surface area contributed by atoms with Crippen molar-refractivity contribution in [3.05, 3.63) is 22.8 Å². The monoisotopic (exact) mass is 152 g/mol. The standard InChI is InChI=1S/C6H4N2O3/c9-3-1-4-5(7-2-11-4)8-6(3)10/h1-2,9H,(H,8,10). The molecule has 11 heavy (non-hydrogen) atoms. The number of aromatic nitrogens is 2. The van der Waals surface area contributed by atoms with Crippen molar-refractivity contribution < 1.29 is 9.52 Å². The van der Waals surface area contributed by atoms with Crippen LogP contribution in [-0.4, -0.2) is 15.1 Å². The number of H-pyrrole nitrogens is 1. The van der Waals surface area contributed by atoms with E-state index in [-0.39, 0.29) is 5.75 Å². The highest BCUT2D eigenvalue weighted by Gasteiger charge is 2.02. The number of rotatable bonds is 0. The Morgan fingerprint density at radius 1 is 1.64 bits per heavy atom. The average molecular weight is 152 g/mol. The van der Waals surface area contributed by atoms with E-state index in [2.05, 4.69) is 9.97 Å². The number of hydrogen-bond acceptors (Lipinski definition) is 4. The third kappa shape index (κ3) is 0.778. The van der Waals surface area contributed by atoms with Gasteiger partial charge in [-0.2, -0.15) is 4.98 Å². The lowest BCUT2D eigenvalue weighted by atomic mass is 10.4. The zero-order valence-corrected chi connectivity index (χ0v) is 5.37. The third-order valence-electron chi connectivity index (χ3n) is 1.33. The molecule has 5 nitrogen and oxygen atoms in total. The van der Waals surface area contributed by atoms with Gasteiger partial charge in [0.15, 0.2) is 23.4 Å². The maximum absolute atomic E-state index is 10.7. The Kier molecular flexibility index (Phi) is 1.00. The number of nitrogens with one attached hydrogen (secondary N) is 1. The van der Waals surface area contributed by atoms with Gasteiger partial charge in [-0.05, 0) is 0 Å². The molecular formula is C6H4N2O3. The van der Waals surface area contributed by atoms with Crippen molar-refractivity contribution in [3.8, 4) is 5.75 Å². The minimum absolute atomic E-state index is 0.341. The zero-order valence-electron chi connectivity index (χ0n) is 5.37. The first-order valence-electron chi connectivity index (χ1n) is 2.93. The largest absolute Gasteiger partial charge is 0.503 e. The lowest BCUT2D eigenvalue weighted by Gasteiger charge is -1.87. The highest BCUT2D eigenvalue weighted by Crippen LogP contribution is 2.10. The third-order valence-corrected chi connectivity index (χ3v) is 1.33. The molecule has 56 valence electrons. The quantitative estimate of drug-likeness (QED) is 0.566. The number of fused-ring (bicyclic) bond motifs is 1. The zero-order chi connectivity index (χ0) is 7.84. The van der Waals surface area contributed by atoms with Gasteiger partial charge in [0, 0.05) is 6.07 Å². The molecule has 0 bridgehead atoms. The maximum Gasteiger partial charge on any atom is 0.291 e. The summed E-state index contributed by atoms with van der Waals surface area (Å²) in [5.41, 5.74) is 0.140. The van der Waals surface area contributed by atoms with Crippen molar-refractivity contribution in [2.75, 3.05) is 0 Å². The number of aromatic hydroxyl groups is 1. The molecule has 0 unspecified atom stereocenters. The number of hydrogen-bond donors (Lipinski definition) is 2. The van der Waals surface area contributed by atoms with Crippen molar-refractivity contribution >= 4 is 11.2 Å². The second-order valence-corrected chi connectivity index (χ2v) is 2.05. The van der Waals surface area contributed by atoms with Gasteiger partial charge in [0.25, 0.3) is 5.56 Å². The van der Waals surface area contributed by atoms with Gasteiger partial charge in [-0.1, -0.05) is 0 Å². The fraction of sp³-hybridized carbons (Fsp3) is 0. The smallest absolute Gasteiger partial charge is 0.291 e. The van der Waals surface area contributed by atoms with E-state index in [1.54, 1.807) is 0 Å². The molecule has 0 aliphatic heterocycles. The average Bonchev–Trinajstić information content (AvgIpc) is 2.36. The number of aromatic amines is 1. The van der Waals surface area contributed by atoms with E-state index in [0.29, 0.717) is 11.2 Å². The van der Waals surface area contributed by atoms with E-state index in [9.17, 15) is 4.79 Å². The summed E-state index contributed by atoms with van der Waals surface area (Å²) in [6, 6.07) is 1.22. The molecule has 2 aromatic rings. The number of oxazole rings is 1. The van der Waals surface area contributed by atoms with Gasteiger partial charge in [0.05, 0.1) is 0 Å². The molecule has 0 aliphatic rings. The molecule has 0 amide bonds. The van der Waals surface area contributed by atoms with Crippen LogP contribution in [0.5, 0.6) is 5.75 Å². The number of pyridine rings is 1. The van der Waals surface area contributed by atoms with Gasteiger partial charge in [0.1, 0.15) is 0 Å². The predicted octanol–water partition coefficient (Wildman–Crippen LogP) is 0.222. The number of nitrogens with zero attached hydrogens (tertiary/aromatic N) is 1. The van der Waals surface area contributed by atoms with Crippen LogP contribution in [0, 0.1) is 0 Å². The first-order valence-corrected chi connectivity index (χ1v) is 2.93. The molecule has 0 aliphatic carbocycles. The van der Waals surface area contributed by atoms with Crippen molar-refractivity contribution in [2.45, 2.75) is 0 Å². The minimum atomic E-state index is -0.564. The molecule has 5 heteroatoms. The van der Waals surface area contributed by atoms with Crippen LogP contribution in [0.25, 0.3) is 11.2 Å². The van der Waals surface area contributed by atoms with E-state index in [0.717, 1.165) is 0 Å². The van der Waals surface area contributed by atoms with E-state index in [1.807, 2.05) is 0 Å². The summed E-state index contributed by atoms with van der Waals surface area (Å²) < 4.78 is 4.81. The molecule has 2 N–H and O–H groups in total. The molecule has 0 fully saturated rings. The molecule has 0 saturated heterocycles. The van der Waals surface area contributed by atoms with Gasteiger partial charge >= 0.3 is 0 Å². The molecule has 0 spiro atoms. The summed E-state index contributed by atoms with van der Waals surface area (Å²) in [7, 11) is 0. The van der Waals surface area contributed by atoms with Crippen LogP contribution in [0.3, 0.4) is 0 Å². The maximum atomic E-state index is 10.7. The van der Waals surface area contributed by atoms with Crippen LogP contribution >= 0.6 is 0 Å². The Bertz CT molecular complexity index is 442. The first kappa shape index (κ1) is 5.96. The van der Waals surface area contributed by atoms with Crippen LogP contribution in [-0.2, 0) is 0 Å². The summed E-state index contributed by atoms with van der Waals surface area (Å²) in [6.45, 7) is 0. The molecular weight excluding hydrogens is 148 g/mol. The first-order chi connectivity index (χ1) is 5.27.